The molecule has 1 unspecified atom stereocenters. The van der Waals surface area contributed by atoms with E-state index in [-0.39, 0.29) is 5.91 Å². The summed E-state index contributed by atoms with van der Waals surface area (Å²) in [6, 6.07) is 7.65. The van der Waals surface area contributed by atoms with Crippen molar-refractivity contribution in [3.8, 4) is 5.69 Å². The second kappa shape index (κ2) is 5.79. The number of hydrogen-bond donors (Lipinski definition) is 2. The Bertz CT molecular complexity index is 576. The first kappa shape index (κ1) is 12.7. The van der Waals surface area contributed by atoms with Crippen molar-refractivity contribution in [3.63, 3.8) is 0 Å². The topological polar surface area (TPSA) is 84.7 Å². The molecule has 1 fully saturated rings. The number of para-hydroxylation sites is 1. The predicted octanol–water partition coefficient (Wildman–Crippen LogP) is 0.144. The minimum atomic E-state index is -0.107. The van der Waals surface area contributed by atoms with Gasteiger partial charge >= 0.3 is 0 Å². The summed E-state index contributed by atoms with van der Waals surface area (Å²) in [5, 5.41) is 17.3. The normalized spacial score (nSPS) is 18.1. The Morgan fingerprint density at radius 3 is 3.10 bits per heavy atom. The fourth-order valence-electron chi connectivity index (χ4n) is 2.38. The Morgan fingerprint density at radius 2 is 2.35 bits per heavy atom. The van der Waals surface area contributed by atoms with Crippen LogP contribution in [0.2, 0.25) is 0 Å². The summed E-state index contributed by atoms with van der Waals surface area (Å²) in [7, 11) is 0. The molecule has 0 bridgehead atoms. The zero-order valence-electron chi connectivity index (χ0n) is 11.0. The molecule has 1 atom stereocenters. The van der Waals surface area contributed by atoms with Crippen molar-refractivity contribution in [2.75, 3.05) is 13.1 Å². The van der Waals surface area contributed by atoms with Crippen molar-refractivity contribution in [1.82, 2.24) is 30.8 Å². The van der Waals surface area contributed by atoms with Crippen molar-refractivity contribution < 1.29 is 4.79 Å². The average molecular weight is 272 g/mol. The van der Waals surface area contributed by atoms with Gasteiger partial charge in [-0.25, -0.2) is 0 Å². The van der Waals surface area contributed by atoms with E-state index in [1.54, 1.807) is 6.07 Å². The molecule has 1 amide bonds. The smallest absolute Gasteiger partial charge is 0.253 e. The second-order valence-electron chi connectivity index (χ2n) is 4.77. The molecule has 2 N–H and O–H groups in total. The molecule has 7 heteroatoms. The van der Waals surface area contributed by atoms with Crippen molar-refractivity contribution in [2.24, 2.45) is 0 Å². The molecule has 3 rings (SSSR count). The molecule has 0 saturated carbocycles. The van der Waals surface area contributed by atoms with Gasteiger partial charge in [0.2, 0.25) is 0 Å². The van der Waals surface area contributed by atoms with Gasteiger partial charge in [0.1, 0.15) is 6.33 Å². The first-order valence-electron chi connectivity index (χ1n) is 6.68. The maximum absolute atomic E-state index is 12.3. The fourth-order valence-corrected chi connectivity index (χ4v) is 2.38. The van der Waals surface area contributed by atoms with Crippen LogP contribution in [-0.4, -0.2) is 45.2 Å². The minimum Gasteiger partial charge on any atom is -0.350 e. The number of hydrogen-bond acceptors (Lipinski definition) is 5. The summed E-state index contributed by atoms with van der Waals surface area (Å²) < 4.78 is 1.49. The number of carbonyl (C=O) groups excluding carboxylic acids is 1. The van der Waals surface area contributed by atoms with Crippen LogP contribution in [0.5, 0.6) is 0 Å². The van der Waals surface area contributed by atoms with E-state index in [4.69, 9.17) is 0 Å². The molecule has 2 heterocycles. The third-order valence-electron chi connectivity index (χ3n) is 3.42. The van der Waals surface area contributed by atoms with Crippen LogP contribution in [0.4, 0.5) is 0 Å². The van der Waals surface area contributed by atoms with Crippen molar-refractivity contribution >= 4 is 5.91 Å². The van der Waals surface area contributed by atoms with E-state index in [9.17, 15) is 4.79 Å². The second-order valence-corrected chi connectivity index (χ2v) is 4.77. The average Bonchev–Trinajstić information content (AvgIpc) is 3.18. The number of amides is 1. The van der Waals surface area contributed by atoms with Gasteiger partial charge in [-0.3, -0.25) is 4.79 Å². The summed E-state index contributed by atoms with van der Waals surface area (Å²) in [4.78, 5) is 12.3. The first-order valence-corrected chi connectivity index (χ1v) is 6.68. The van der Waals surface area contributed by atoms with Gasteiger partial charge in [-0.2, -0.15) is 4.68 Å². The highest BCUT2D eigenvalue weighted by atomic mass is 16.1. The molecule has 0 radical (unpaired) electrons. The quantitative estimate of drug-likeness (QED) is 0.827. The Morgan fingerprint density at radius 1 is 1.45 bits per heavy atom. The summed E-state index contributed by atoms with van der Waals surface area (Å²) in [6.07, 6.45) is 3.75. The Hall–Kier alpha value is -2.28. The Kier molecular flexibility index (Phi) is 3.69. The van der Waals surface area contributed by atoms with Gasteiger partial charge in [-0.1, -0.05) is 12.1 Å². The number of nitrogens with zero attached hydrogens (tertiary/aromatic N) is 4. The lowest BCUT2D eigenvalue weighted by molar-refractivity contribution is 0.0950. The zero-order chi connectivity index (χ0) is 13.8. The number of aromatic nitrogens is 4. The highest BCUT2D eigenvalue weighted by Crippen LogP contribution is 2.12. The highest BCUT2D eigenvalue weighted by Gasteiger charge is 2.17. The Labute approximate surface area is 116 Å². The number of nitrogens with one attached hydrogen (secondary N) is 2. The number of benzene rings is 1. The predicted molar refractivity (Wildman–Crippen MR) is 72.5 cm³/mol. The lowest BCUT2D eigenvalue weighted by atomic mass is 10.1. The molecule has 7 nitrogen and oxygen atoms in total. The van der Waals surface area contributed by atoms with Gasteiger partial charge in [-0.15, -0.1) is 5.10 Å². The van der Waals surface area contributed by atoms with Gasteiger partial charge in [-0.05, 0) is 41.9 Å². The molecule has 104 valence electrons. The van der Waals surface area contributed by atoms with E-state index in [1.165, 1.54) is 17.4 Å². The van der Waals surface area contributed by atoms with E-state index < -0.39 is 0 Å². The van der Waals surface area contributed by atoms with Crippen LogP contribution in [0.25, 0.3) is 5.69 Å². The number of carbonyl (C=O) groups is 1. The monoisotopic (exact) mass is 272 g/mol. The number of rotatable bonds is 4. The molecule has 1 aliphatic rings. The van der Waals surface area contributed by atoms with Crippen LogP contribution in [-0.2, 0) is 0 Å². The summed E-state index contributed by atoms with van der Waals surface area (Å²) >= 11 is 0. The van der Waals surface area contributed by atoms with Crippen LogP contribution in [0.3, 0.4) is 0 Å². The Balaban J connectivity index is 1.74. The van der Waals surface area contributed by atoms with E-state index in [2.05, 4.69) is 26.2 Å². The molecule has 1 saturated heterocycles. The van der Waals surface area contributed by atoms with Crippen molar-refractivity contribution in [1.29, 1.82) is 0 Å². The van der Waals surface area contributed by atoms with E-state index in [1.807, 2.05) is 18.2 Å². The molecule has 1 aromatic carbocycles. The molecule has 0 spiro atoms. The molecule has 1 aliphatic heterocycles. The van der Waals surface area contributed by atoms with Gasteiger partial charge < -0.3 is 10.6 Å². The highest BCUT2D eigenvalue weighted by molar-refractivity contribution is 5.97. The van der Waals surface area contributed by atoms with E-state index in [0.717, 1.165) is 13.0 Å². The standard InChI is InChI=1S/C13H16N6O/c20-13(15-8-10-4-3-7-14-10)11-5-1-2-6-12(11)19-9-16-17-18-19/h1-2,5-6,9-10,14H,3-4,7-8H2,(H,15,20). The molecular weight excluding hydrogens is 256 g/mol. The van der Waals surface area contributed by atoms with Crippen molar-refractivity contribution in [3.05, 3.63) is 36.2 Å². The van der Waals surface area contributed by atoms with Crippen LogP contribution >= 0.6 is 0 Å². The van der Waals surface area contributed by atoms with Gasteiger partial charge in [0.15, 0.2) is 0 Å². The summed E-state index contributed by atoms with van der Waals surface area (Å²) in [6.45, 7) is 1.67. The van der Waals surface area contributed by atoms with Gasteiger partial charge in [0, 0.05) is 12.6 Å². The van der Waals surface area contributed by atoms with Crippen LogP contribution < -0.4 is 10.6 Å². The maximum atomic E-state index is 12.3. The van der Waals surface area contributed by atoms with Crippen LogP contribution in [0, 0.1) is 0 Å². The zero-order valence-corrected chi connectivity index (χ0v) is 11.0. The number of tetrazole rings is 1. The molecular formula is C13H16N6O. The molecule has 20 heavy (non-hydrogen) atoms. The molecule has 1 aromatic heterocycles. The molecule has 0 aliphatic carbocycles. The summed E-state index contributed by atoms with van der Waals surface area (Å²) in [5.74, 6) is -0.107. The fraction of sp³-hybridized carbons (Fsp3) is 0.385. The summed E-state index contributed by atoms with van der Waals surface area (Å²) in [5.41, 5.74) is 1.24. The van der Waals surface area contributed by atoms with Crippen LogP contribution in [0.15, 0.2) is 30.6 Å². The van der Waals surface area contributed by atoms with Gasteiger partial charge in [0.05, 0.1) is 11.3 Å². The maximum Gasteiger partial charge on any atom is 0.253 e. The third kappa shape index (κ3) is 2.67. The van der Waals surface area contributed by atoms with E-state index >= 15 is 0 Å². The SMILES string of the molecule is O=C(NCC1CCCN1)c1ccccc1-n1cnnn1. The molecule has 2 aromatic rings. The lowest BCUT2D eigenvalue weighted by Crippen LogP contribution is -2.37. The lowest BCUT2D eigenvalue weighted by Gasteiger charge is -2.13. The first-order chi connectivity index (χ1) is 9.84. The van der Waals surface area contributed by atoms with Crippen molar-refractivity contribution in [2.45, 2.75) is 18.9 Å². The van der Waals surface area contributed by atoms with E-state index in [0.29, 0.717) is 23.8 Å². The largest absolute Gasteiger partial charge is 0.350 e. The third-order valence-corrected chi connectivity index (χ3v) is 3.42. The minimum absolute atomic E-state index is 0.107. The van der Waals surface area contributed by atoms with Crippen LogP contribution in [0.1, 0.15) is 23.2 Å². The van der Waals surface area contributed by atoms with Gasteiger partial charge in [0.25, 0.3) is 5.91 Å².